The van der Waals surface area contributed by atoms with Gasteiger partial charge in [0, 0.05) is 18.3 Å². The molecule has 0 unspecified atom stereocenters. The molecule has 0 aliphatic carbocycles. The fourth-order valence-corrected chi connectivity index (χ4v) is 3.02. The molecule has 31 heavy (non-hydrogen) atoms. The second-order valence-corrected chi connectivity index (χ2v) is 7.03. The highest BCUT2D eigenvalue weighted by Crippen LogP contribution is 2.28. The molecule has 1 amide bonds. The molecule has 0 saturated carbocycles. The van der Waals surface area contributed by atoms with Crippen LogP contribution in [0, 0.1) is 0 Å². The summed E-state index contributed by atoms with van der Waals surface area (Å²) in [7, 11) is 0. The van der Waals surface area contributed by atoms with Crippen molar-refractivity contribution in [3.63, 3.8) is 0 Å². The van der Waals surface area contributed by atoms with Crippen LogP contribution in [0.2, 0.25) is 0 Å². The van der Waals surface area contributed by atoms with E-state index in [4.69, 9.17) is 4.74 Å². The van der Waals surface area contributed by atoms with Crippen molar-refractivity contribution < 1.29 is 22.7 Å². The minimum absolute atomic E-state index is 0.0922. The second-order valence-electron chi connectivity index (χ2n) is 7.03. The number of hydrogen-bond donors (Lipinski definition) is 1. The van der Waals surface area contributed by atoms with Crippen molar-refractivity contribution >= 4 is 11.6 Å². The summed E-state index contributed by atoms with van der Waals surface area (Å²) in [4.78, 5) is 15.2. The standard InChI is InChI=1S/C24H23F3N2O2/c25-24(26,27)22-17-20(14-15-28-22)29-23(30)9-5-2-6-16-31-21-12-10-19(11-13-21)18-7-3-1-4-8-18/h1,3-4,7-8,10-15,17H,2,5-6,9,16H2,(H,28,29,30). The first-order valence-corrected chi connectivity index (χ1v) is 10.0. The zero-order valence-electron chi connectivity index (χ0n) is 16.9. The number of benzene rings is 2. The molecule has 3 rings (SSSR count). The molecule has 1 aromatic heterocycles. The summed E-state index contributed by atoms with van der Waals surface area (Å²) in [5.41, 5.74) is 1.33. The number of aromatic nitrogens is 1. The van der Waals surface area contributed by atoms with Crippen LogP contribution in [0.25, 0.3) is 11.1 Å². The van der Waals surface area contributed by atoms with E-state index in [9.17, 15) is 18.0 Å². The number of nitrogens with one attached hydrogen (secondary N) is 1. The molecule has 4 nitrogen and oxygen atoms in total. The maximum absolute atomic E-state index is 12.7. The average Bonchev–Trinajstić information content (AvgIpc) is 2.77. The Hall–Kier alpha value is -3.35. The number of amides is 1. The van der Waals surface area contributed by atoms with Gasteiger partial charge >= 0.3 is 6.18 Å². The number of carbonyl (C=O) groups excluding carboxylic acids is 1. The maximum atomic E-state index is 12.7. The number of carbonyl (C=O) groups is 1. The SMILES string of the molecule is O=C(CCCCCOc1ccc(-c2ccccc2)cc1)Nc1ccnc(C(F)(F)F)c1. The molecule has 0 saturated heterocycles. The molecular weight excluding hydrogens is 405 g/mol. The first-order valence-electron chi connectivity index (χ1n) is 10.0. The third-order valence-electron chi connectivity index (χ3n) is 4.61. The normalized spacial score (nSPS) is 11.2. The van der Waals surface area contributed by atoms with Gasteiger partial charge in [0.25, 0.3) is 0 Å². The molecular formula is C24H23F3N2O2. The van der Waals surface area contributed by atoms with Crippen LogP contribution in [0.1, 0.15) is 31.4 Å². The summed E-state index contributed by atoms with van der Waals surface area (Å²) in [6.45, 7) is 0.533. The first kappa shape index (κ1) is 22.3. The smallest absolute Gasteiger partial charge is 0.433 e. The molecule has 3 aromatic rings. The molecule has 0 fully saturated rings. The number of halogens is 3. The van der Waals surface area contributed by atoms with Gasteiger partial charge in [-0.2, -0.15) is 13.2 Å². The highest BCUT2D eigenvalue weighted by Gasteiger charge is 2.32. The van der Waals surface area contributed by atoms with Crippen LogP contribution in [0.4, 0.5) is 18.9 Å². The highest BCUT2D eigenvalue weighted by atomic mass is 19.4. The van der Waals surface area contributed by atoms with Gasteiger partial charge in [-0.15, -0.1) is 0 Å². The molecule has 0 bridgehead atoms. The number of ether oxygens (including phenoxy) is 1. The summed E-state index contributed by atoms with van der Waals surface area (Å²) < 4.78 is 43.7. The highest BCUT2D eigenvalue weighted by molar-refractivity contribution is 5.90. The van der Waals surface area contributed by atoms with Gasteiger partial charge < -0.3 is 10.1 Å². The number of rotatable bonds is 9. The Morgan fingerprint density at radius 1 is 0.903 bits per heavy atom. The molecule has 0 aliphatic heterocycles. The number of pyridine rings is 1. The van der Waals surface area contributed by atoms with Gasteiger partial charge in [0.15, 0.2) is 0 Å². The number of alkyl halides is 3. The Morgan fingerprint density at radius 2 is 1.61 bits per heavy atom. The third-order valence-corrected chi connectivity index (χ3v) is 4.61. The fraction of sp³-hybridized carbons (Fsp3) is 0.250. The lowest BCUT2D eigenvalue weighted by Crippen LogP contribution is -2.13. The molecule has 0 aliphatic rings. The van der Waals surface area contributed by atoms with E-state index in [0.29, 0.717) is 13.0 Å². The van der Waals surface area contributed by atoms with E-state index in [-0.39, 0.29) is 18.0 Å². The lowest BCUT2D eigenvalue weighted by Gasteiger charge is -2.09. The Bertz CT molecular complexity index is 974. The van der Waals surface area contributed by atoms with Crippen LogP contribution < -0.4 is 10.1 Å². The number of unbranched alkanes of at least 4 members (excludes halogenated alkanes) is 2. The number of nitrogens with zero attached hydrogens (tertiary/aromatic N) is 1. The summed E-state index contributed by atoms with van der Waals surface area (Å²) in [5, 5.41) is 2.48. The van der Waals surface area contributed by atoms with Crippen molar-refractivity contribution in [1.82, 2.24) is 4.98 Å². The average molecular weight is 428 g/mol. The van der Waals surface area contributed by atoms with Gasteiger partial charge in [0.05, 0.1) is 6.61 Å². The maximum Gasteiger partial charge on any atom is 0.433 e. The van der Waals surface area contributed by atoms with Gasteiger partial charge in [-0.25, -0.2) is 0 Å². The van der Waals surface area contributed by atoms with E-state index in [1.165, 1.54) is 6.07 Å². The predicted molar refractivity (Wildman–Crippen MR) is 114 cm³/mol. The van der Waals surface area contributed by atoms with Crippen LogP contribution in [-0.2, 0) is 11.0 Å². The lowest BCUT2D eigenvalue weighted by molar-refractivity contribution is -0.141. The third kappa shape index (κ3) is 7.13. The van der Waals surface area contributed by atoms with Crippen molar-refractivity contribution in [3.05, 3.63) is 78.6 Å². The van der Waals surface area contributed by atoms with Crippen molar-refractivity contribution in [1.29, 1.82) is 0 Å². The van der Waals surface area contributed by atoms with E-state index in [1.54, 1.807) is 0 Å². The van der Waals surface area contributed by atoms with E-state index in [2.05, 4.69) is 22.4 Å². The van der Waals surface area contributed by atoms with E-state index < -0.39 is 11.9 Å². The van der Waals surface area contributed by atoms with Gasteiger partial charge in [0.2, 0.25) is 5.91 Å². The fourth-order valence-electron chi connectivity index (χ4n) is 3.02. The zero-order chi connectivity index (χ0) is 22.1. The summed E-state index contributed by atoms with van der Waals surface area (Å²) in [6.07, 6.45) is -1.10. The van der Waals surface area contributed by atoms with Crippen LogP contribution in [0.15, 0.2) is 72.9 Å². The molecule has 162 valence electrons. The van der Waals surface area contributed by atoms with Gasteiger partial charge in [-0.3, -0.25) is 9.78 Å². The van der Waals surface area contributed by atoms with Crippen LogP contribution >= 0.6 is 0 Å². The summed E-state index contributed by atoms with van der Waals surface area (Å²) in [5.74, 6) is 0.465. The van der Waals surface area contributed by atoms with Crippen molar-refractivity contribution in [2.24, 2.45) is 0 Å². The Balaban J connectivity index is 1.33. The molecule has 2 aromatic carbocycles. The number of hydrogen-bond acceptors (Lipinski definition) is 3. The molecule has 0 atom stereocenters. The zero-order valence-corrected chi connectivity index (χ0v) is 16.9. The molecule has 0 spiro atoms. The topological polar surface area (TPSA) is 51.2 Å². The molecule has 0 radical (unpaired) electrons. The van der Waals surface area contributed by atoms with Crippen molar-refractivity contribution in [3.8, 4) is 16.9 Å². The lowest BCUT2D eigenvalue weighted by atomic mass is 10.1. The van der Waals surface area contributed by atoms with Crippen molar-refractivity contribution in [2.45, 2.75) is 31.9 Å². The quantitative estimate of drug-likeness (QED) is 0.404. The monoisotopic (exact) mass is 428 g/mol. The van der Waals surface area contributed by atoms with Gasteiger partial charge in [-0.1, -0.05) is 42.5 Å². The van der Waals surface area contributed by atoms with E-state index in [0.717, 1.165) is 42.0 Å². The first-order chi connectivity index (χ1) is 14.9. The molecule has 7 heteroatoms. The second kappa shape index (κ2) is 10.6. The summed E-state index contributed by atoms with van der Waals surface area (Å²) in [6, 6.07) is 20.1. The number of anilines is 1. The molecule has 1 N–H and O–H groups in total. The minimum Gasteiger partial charge on any atom is -0.494 e. The van der Waals surface area contributed by atoms with Gasteiger partial charge in [0.1, 0.15) is 11.4 Å². The Kier molecular flexibility index (Phi) is 7.65. The van der Waals surface area contributed by atoms with Crippen LogP contribution in [-0.4, -0.2) is 17.5 Å². The Morgan fingerprint density at radius 3 is 2.32 bits per heavy atom. The Labute approximate surface area is 179 Å². The van der Waals surface area contributed by atoms with Crippen LogP contribution in [0.3, 0.4) is 0 Å². The van der Waals surface area contributed by atoms with E-state index in [1.807, 2.05) is 42.5 Å². The largest absolute Gasteiger partial charge is 0.494 e. The van der Waals surface area contributed by atoms with Crippen LogP contribution in [0.5, 0.6) is 5.75 Å². The molecule has 1 heterocycles. The van der Waals surface area contributed by atoms with Gasteiger partial charge in [-0.05, 0) is 54.7 Å². The van der Waals surface area contributed by atoms with Crippen molar-refractivity contribution in [2.75, 3.05) is 11.9 Å². The van der Waals surface area contributed by atoms with E-state index >= 15 is 0 Å². The summed E-state index contributed by atoms with van der Waals surface area (Å²) >= 11 is 0. The minimum atomic E-state index is -4.54. The predicted octanol–water partition coefficient (Wildman–Crippen LogP) is 6.35.